The summed E-state index contributed by atoms with van der Waals surface area (Å²) in [4.78, 5) is 27.1. The van der Waals surface area contributed by atoms with E-state index in [0.717, 1.165) is 6.07 Å². The molecule has 0 unspecified atom stereocenters. The van der Waals surface area contributed by atoms with Gasteiger partial charge in [0.25, 0.3) is 10.0 Å². The van der Waals surface area contributed by atoms with Crippen molar-refractivity contribution in [3.63, 3.8) is 0 Å². The average molecular weight is 633 g/mol. The number of hydrogen-bond acceptors (Lipinski definition) is 9. The Labute approximate surface area is 250 Å². The number of hydrogen-bond donors (Lipinski definition) is 2. The van der Waals surface area contributed by atoms with Crippen molar-refractivity contribution in [1.82, 2.24) is 20.3 Å². The summed E-state index contributed by atoms with van der Waals surface area (Å²) in [5, 5.41) is 3.34. The van der Waals surface area contributed by atoms with Crippen LogP contribution < -0.4 is 14.9 Å². The van der Waals surface area contributed by atoms with Crippen molar-refractivity contribution in [2.45, 2.75) is 25.3 Å². The first-order valence-corrected chi connectivity index (χ1v) is 15.5. The monoisotopic (exact) mass is 632 g/mol. The fourth-order valence-corrected chi connectivity index (χ4v) is 6.46. The molecule has 1 amide bonds. The molecule has 4 aromatic rings. The van der Waals surface area contributed by atoms with Gasteiger partial charge < -0.3 is 15.0 Å². The molecule has 0 spiro atoms. The molecule has 2 aromatic heterocycles. The van der Waals surface area contributed by atoms with E-state index in [4.69, 9.17) is 9.72 Å². The normalized spacial score (nSPS) is 13.8. The van der Waals surface area contributed by atoms with Gasteiger partial charge in [0, 0.05) is 30.8 Å². The molecule has 3 heterocycles. The zero-order chi connectivity index (χ0) is 30.7. The fraction of sp³-hybridized carbons (Fsp3) is 0.286. The minimum atomic E-state index is -4.69. The van der Waals surface area contributed by atoms with Crippen molar-refractivity contribution >= 4 is 38.1 Å². The summed E-state index contributed by atoms with van der Waals surface area (Å²) < 4.78 is 77.3. The Bertz CT molecular complexity index is 1760. The number of halogens is 3. The second-order valence-corrected chi connectivity index (χ2v) is 12.5. The van der Waals surface area contributed by atoms with E-state index < -0.39 is 38.1 Å². The number of carbonyl (C=O) groups is 1. The van der Waals surface area contributed by atoms with Crippen LogP contribution in [0.15, 0.2) is 53.6 Å². The van der Waals surface area contributed by atoms with E-state index in [1.54, 1.807) is 19.9 Å². The van der Waals surface area contributed by atoms with Gasteiger partial charge in [-0.3, -0.25) is 9.52 Å². The SMILES string of the molecule is CC(C)C(=O)NCc1nccc(-c2sc(N3CCOCC3)nc2-c2cccc(NS(=O)(=O)c3cc(F)ccc3F)c2F)n1. The molecule has 0 radical (unpaired) electrons. The predicted octanol–water partition coefficient (Wildman–Crippen LogP) is 4.59. The Kier molecular flexibility index (Phi) is 8.94. The highest BCUT2D eigenvalue weighted by Crippen LogP contribution is 2.42. The summed E-state index contributed by atoms with van der Waals surface area (Å²) >= 11 is 1.27. The average Bonchev–Trinajstić information content (AvgIpc) is 3.44. The van der Waals surface area contributed by atoms with Crippen molar-refractivity contribution in [2.24, 2.45) is 5.92 Å². The summed E-state index contributed by atoms with van der Waals surface area (Å²) in [5.41, 5.74) is 0.0904. The van der Waals surface area contributed by atoms with Gasteiger partial charge in [-0.25, -0.2) is 36.5 Å². The third-order valence-corrected chi connectivity index (χ3v) is 8.98. The van der Waals surface area contributed by atoms with Crippen molar-refractivity contribution in [3.8, 4) is 21.8 Å². The lowest BCUT2D eigenvalue weighted by atomic mass is 10.1. The smallest absolute Gasteiger partial charge is 0.265 e. The largest absolute Gasteiger partial charge is 0.378 e. The summed E-state index contributed by atoms with van der Waals surface area (Å²) in [7, 11) is -4.69. The van der Waals surface area contributed by atoms with Gasteiger partial charge in [-0.2, -0.15) is 0 Å². The maximum atomic E-state index is 16.1. The number of nitrogens with zero attached hydrogens (tertiary/aromatic N) is 4. The van der Waals surface area contributed by atoms with Crippen LogP contribution in [-0.4, -0.2) is 55.6 Å². The van der Waals surface area contributed by atoms with Gasteiger partial charge in [-0.15, -0.1) is 0 Å². The Morgan fingerprint density at radius 1 is 1.09 bits per heavy atom. The third kappa shape index (κ3) is 6.78. The lowest BCUT2D eigenvalue weighted by Crippen LogP contribution is -2.36. The van der Waals surface area contributed by atoms with Crippen LogP contribution in [0.4, 0.5) is 24.0 Å². The quantitative estimate of drug-likeness (QED) is 0.275. The Morgan fingerprint density at radius 3 is 2.60 bits per heavy atom. The Morgan fingerprint density at radius 2 is 1.86 bits per heavy atom. The van der Waals surface area contributed by atoms with Crippen LogP contribution in [-0.2, 0) is 26.1 Å². The molecule has 0 bridgehead atoms. The molecule has 226 valence electrons. The van der Waals surface area contributed by atoms with Crippen LogP contribution in [0.5, 0.6) is 0 Å². The van der Waals surface area contributed by atoms with Crippen molar-refractivity contribution in [1.29, 1.82) is 0 Å². The highest BCUT2D eigenvalue weighted by molar-refractivity contribution is 7.92. The molecule has 0 aliphatic carbocycles. The van der Waals surface area contributed by atoms with Gasteiger partial charge in [-0.05, 0) is 36.4 Å². The van der Waals surface area contributed by atoms with Crippen LogP contribution in [0.2, 0.25) is 0 Å². The van der Waals surface area contributed by atoms with Crippen LogP contribution in [0, 0.1) is 23.4 Å². The van der Waals surface area contributed by atoms with Gasteiger partial charge in [0.15, 0.2) is 10.9 Å². The summed E-state index contributed by atoms with van der Waals surface area (Å²) in [6, 6.07) is 7.62. The molecular weight excluding hydrogens is 605 g/mol. The first kappa shape index (κ1) is 30.4. The maximum Gasteiger partial charge on any atom is 0.265 e. The molecule has 2 N–H and O–H groups in total. The molecule has 10 nitrogen and oxygen atoms in total. The van der Waals surface area contributed by atoms with E-state index in [0.29, 0.717) is 60.0 Å². The van der Waals surface area contributed by atoms with Crippen LogP contribution in [0.25, 0.3) is 21.8 Å². The summed E-state index contributed by atoms with van der Waals surface area (Å²) in [6.07, 6.45) is 1.52. The van der Waals surface area contributed by atoms with Crippen LogP contribution >= 0.6 is 11.3 Å². The number of nitrogens with one attached hydrogen (secondary N) is 2. The first-order valence-electron chi connectivity index (χ1n) is 13.2. The lowest BCUT2D eigenvalue weighted by molar-refractivity contribution is -0.124. The Balaban J connectivity index is 1.55. The van der Waals surface area contributed by atoms with Gasteiger partial charge in [-0.1, -0.05) is 31.3 Å². The molecule has 1 aliphatic heterocycles. The molecule has 1 fully saturated rings. The van der Waals surface area contributed by atoms with E-state index in [9.17, 15) is 22.0 Å². The number of aromatic nitrogens is 3. The first-order chi connectivity index (χ1) is 20.5. The highest BCUT2D eigenvalue weighted by atomic mass is 32.2. The van der Waals surface area contributed by atoms with E-state index in [-0.39, 0.29) is 29.6 Å². The maximum absolute atomic E-state index is 16.1. The van der Waals surface area contributed by atoms with E-state index in [1.807, 2.05) is 9.62 Å². The minimum Gasteiger partial charge on any atom is -0.378 e. The van der Waals surface area contributed by atoms with E-state index in [1.165, 1.54) is 35.7 Å². The molecule has 2 aromatic carbocycles. The summed E-state index contributed by atoms with van der Waals surface area (Å²) in [5.74, 6) is -3.18. The Hall–Kier alpha value is -4.08. The minimum absolute atomic E-state index is 0.0426. The molecule has 15 heteroatoms. The number of benzene rings is 2. The van der Waals surface area contributed by atoms with Gasteiger partial charge in [0.05, 0.1) is 41.7 Å². The van der Waals surface area contributed by atoms with Crippen LogP contribution in [0.3, 0.4) is 0 Å². The zero-order valence-electron chi connectivity index (χ0n) is 23.1. The van der Waals surface area contributed by atoms with Gasteiger partial charge in [0.1, 0.15) is 22.4 Å². The molecule has 43 heavy (non-hydrogen) atoms. The summed E-state index contributed by atoms with van der Waals surface area (Å²) in [6.45, 7) is 5.70. The van der Waals surface area contributed by atoms with E-state index >= 15 is 4.39 Å². The lowest BCUT2D eigenvalue weighted by Gasteiger charge is -2.26. The number of morpholine rings is 1. The highest BCUT2D eigenvalue weighted by Gasteiger charge is 2.26. The van der Waals surface area contributed by atoms with Crippen LogP contribution in [0.1, 0.15) is 19.7 Å². The zero-order valence-corrected chi connectivity index (χ0v) is 24.7. The van der Waals surface area contributed by atoms with Crippen molar-refractivity contribution in [2.75, 3.05) is 35.9 Å². The number of ether oxygens (including phenoxy) is 1. The second-order valence-electron chi connectivity index (χ2n) is 9.85. The molecule has 0 atom stereocenters. The number of thiazole rings is 1. The third-order valence-electron chi connectivity index (χ3n) is 6.46. The predicted molar refractivity (Wildman–Crippen MR) is 155 cm³/mol. The fourth-order valence-electron chi connectivity index (χ4n) is 4.21. The topological polar surface area (TPSA) is 126 Å². The number of carbonyl (C=O) groups excluding carboxylic acids is 1. The molecule has 0 saturated carbocycles. The number of sulfonamides is 1. The number of amides is 1. The van der Waals surface area contributed by atoms with Crippen molar-refractivity contribution < 1.29 is 31.1 Å². The van der Waals surface area contributed by atoms with E-state index in [2.05, 4.69) is 15.3 Å². The number of anilines is 2. The number of rotatable bonds is 9. The second kappa shape index (κ2) is 12.7. The van der Waals surface area contributed by atoms with Gasteiger partial charge in [0.2, 0.25) is 5.91 Å². The molecule has 1 aliphatic rings. The molecule has 1 saturated heterocycles. The van der Waals surface area contributed by atoms with Gasteiger partial charge >= 0.3 is 0 Å². The molecular formula is C28H27F3N6O4S2. The molecule has 5 rings (SSSR count). The van der Waals surface area contributed by atoms with Crippen molar-refractivity contribution in [3.05, 3.63) is 71.9 Å². The standard InChI is InChI=1S/C28H27F3N6O4S2/c1-16(2)27(38)33-15-23-32-9-8-21(34-23)26-25(35-28(42-26)37-10-12-41-13-11-37)18-4-3-5-20(24(18)31)36-43(39,40)22-14-17(29)6-7-19(22)30/h3-9,14,16,36H,10-13,15H2,1-2H3,(H,33,38).